The van der Waals surface area contributed by atoms with E-state index in [4.69, 9.17) is 4.74 Å². The topological polar surface area (TPSA) is 90.0 Å². The van der Waals surface area contributed by atoms with Gasteiger partial charge in [0.1, 0.15) is 12.3 Å². The number of rotatable bonds is 4. The molecule has 4 aliphatic carbocycles. The van der Waals surface area contributed by atoms with Crippen molar-refractivity contribution in [2.75, 3.05) is 13.7 Å². The Morgan fingerprint density at radius 2 is 1.57 bits per heavy atom. The van der Waals surface area contributed by atoms with E-state index in [1.807, 2.05) is 0 Å². The van der Waals surface area contributed by atoms with Crippen LogP contribution in [0.1, 0.15) is 16.8 Å². The molecule has 2 saturated carbocycles. The minimum atomic E-state index is -0.684. The predicted molar refractivity (Wildman–Crippen MR) is 94.8 cm³/mol. The average Bonchev–Trinajstić information content (AvgIpc) is 3.49. The van der Waals surface area contributed by atoms with Crippen LogP contribution >= 0.6 is 0 Å². The molecule has 0 spiro atoms. The maximum atomic E-state index is 12.9. The van der Waals surface area contributed by atoms with Crippen LogP contribution < -0.4 is 4.74 Å². The van der Waals surface area contributed by atoms with Gasteiger partial charge in [-0.2, -0.15) is 0 Å². The van der Waals surface area contributed by atoms with Crippen LogP contribution in [0.3, 0.4) is 0 Å². The van der Waals surface area contributed by atoms with Crippen LogP contribution in [-0.2, 0) is 19.1 Å². The Morgan fingerprint density at radius 3 is 2.11 bits per heavy atom. The minimum absolute atomic E-state index is 0.128. The van der Waals surface area contributed by atoms with E-state index in [9.17, 15) is 19.2 Å². The van der Waals surface area contributed by atoms with Gasteiger partial charge in [-0.15, -0.1) is 0 Å². The summed E-state index contributed by atoms with van der Waals surface area (Å²) < 4.78 is 9.86. The third kappa shape index (κ3) is 2.42. The maximum absolute atomic E-state index is 12.9. The van der Waals surface area contributed by atoms with Crippen molar-refractivity contribution >= 4 is 23.8 Å². The molecule has 3 fully saturated rings. The van der Waals surface area contributed by atoms with Crippen molar-refractivity contribution in [1.29, 1.82) is 0 Å². The zero-order valence-corrected chi connectivity index (χ0v) is 15.2. The molecule has 7 heteroatoms. The molecule has 2 amide bonds. The lowest BCUT2D eigenvalue weighted by atomic mass is 9.63. The molecule has 1 aromatic rings. The number of ether oxygens (including phenoxy) is 2. The Balaban J connectivity index is 1.27. The van der Waals surface area contributed by atoms with E-state index < -0.39 is 18.5 Å². The van der Waals surface area contributed by atoms with E-state index in [0.717, 1.165) is 11.3 Å². The number of esters is 2. The van der Waals surface area contributed by atoms with Crippen molar-refractivity contribution in [3.63, 3.8) is 0 Å². The van der Waals surface area contributed by atoms with Crippen molar-refractivity contribution in [2.45, 2.75) is 6.42 Å². The van der Waals surface area contributed by atoms with Gasteiger partial charge in [0.15, 0.2) is 0 Å². The van der Waals surface area contributed by atoms with E-state index in [1.54, 1.807) is 0 Å². The van der Waals surface area contributed by atoms with Crippen LogP contribution in [0.5, 0.6) is 5.75 Å². The lowest BCUT2D eigenvalue weighted by Gasteiger charge is -2.37. The lowest BCUT2D eigenvalue weighted by molar-refractivity contribution is -0.148. The first-order valence-corrected chi connectivity index (χ1v) is 9.42. The molecule has 6 rings (SSSR count). The number of carbonyl (C=O) groups is 4. The number of allylic oxidation sites excluding steroid dienone is 2. The van der Waals surface area contributed by atoms with Gasteiger partial charge in [0.2, 0.25) is 11.8 Å². The van der Waals surface area contributed by atoms with Gasteiger partial charge in [-0.3, -0.25) is 14.5 Å². The molecule has 0 N–H and O–H groups in total. The second-order valence-corrected chi connectivity index (χ2v) is 7.91. The van der Waals surface area contributed by atoms with Crippen molar-refractivity contribution in [2.24, 2.45) is 35.5 Å². The summed E-state index contributed by atoms with van der Waals surface area (Å²) in [6.45, 7) is -0.391. The number of imide groups is 1. The first kappa shape index (κ1) is 17.2. The molecule has 0 radical (unpaired) electrons. The predicted octanol–water partition coefficient (Wildman–Crippen LogP) is 1.43. The molecule has 28 heavy (non-hydrogen) atoms. The third-order valence-electron chi connectivity index (χ3n) is 6.55. The highest BCUT2D eigenvalue weighted by Gasteiger charge is 2.67. The number of hydrogen-bond acceptors (Lipinski definition) is 6. The SMILES string of the molecule is COC(=O)c1ccc(OC(=O)CN2C(=O)C3C4C=CC(C5CC45)C3C2=O)cc1. The Morgan fingerprint density at radius 1 is 1.00 bits per heavy atom. The third-order valence-corrected chi connectivity index (χ3v) is 6.55. The van der Waals surface area contributed by atoms with E-state index >= 15 is 0 Å². The van der Waals surface area contributed by atoms with Gasteiger partial charge in [-0.05, 0) is 54.4 Å². The molecule has 1 heterocycles. The van der Waals surface area contributed by atoms with Crippen molar-refractivity contribution in [3.05, 3.63) is 42.0 Å². The number of benzene rings is 1. The van der Waals surface area contributed by atoms with Crippen molar-refractivity contribution in [1.82, 2.24) is 4.90 Å². The van der Waals surface area contributed by atoms with Crippen LogP contribution in [0.4, 0.5) is 0 Å². The largest absolute Gasteiger partial charge is 0.465 e. The summed E-state index contributed by atoms with van der Waals surface area (Å²) in [6.07, 6.45) is 5.28. The van der Waals surface area contributed by atoms with Crippen LogP contribution in [-0.4, -0.2) is 42.3 Å². The van der Waals surface area contributed by atoms with Crippen LogP contribution in [0.2, 0.25) is 0 Å². The smallest absolute Gasteiger partial charge is 0.337 e. The number of amides is 2. The zero-order chi connectivity index (χ0) is 19.6. The number of hydrogen-bond donors (Lipinski definition) is 0. The molecule has 5 aliphatic rings. The molecule has 2 bridgehead atoms. The second kappa shape index (κ2) is 6.02. The number of nitrogens with zero attached hydrogens (tertiary/aromatic N) is 1. The lowest BCUT2D eigenvalue weighted by Crippen LogP contribution is -2.40. The fraction of sp³-hybridized carbons (Fsp3) is 0.429. The molecule has 1 aromatic carbocycles. The van der Waals surface area contributed by atoms with Gasteiger partial charge < -0.3 is 9.47 Å². The van der Waals surface area contributed by atoms with Gasteiger partial charge in [0.05, 0.1) is 24.5 Å². The summed E-state index contributed by atoms with van der Waals surface area (Å²) in [4.78, 5) is 50.5. The molecular formula is C21H19NO6. The molecule has 144 valence electrons. The van der Waals surface area contributed by atoms with Crippen molar-refractivity contribution < 1.29 is 28.7 Å². The van der Waals surface area contributed by atoms with Gasteiger partial charge in [-0.1, -0.05) is 12.2 Å². The number of carbonyl (C=O) groups excluding carboxylic acids is 4. The average molecular weight is 381 g/mol. The quantitative estimate of drug-likeness (QED) is 0.339. The van der Waals surface area contributed by atoms with Crippen molar-refractivity contribution in [3.8, 4) is 5.75 Å². The highest BCUT2D eigenvalue weighted by molar-refractivity contribution is 6.08. The molecule has 7 nitrogen and oxygen atoms in total. The fourth-order valence-corrected chi connectivity index (χ4v) is 5.24. The maximum Gasteiger partial charge on any atom is 0.337 e. The first-order chi connectivity index (χ1) is 13.5. The molecule has 6 atom stereocenters. The minimum Gasteiger partial charge on any atom is -0.465 e. The summed E-state index contributed by atoms with van der Waals surface area (Å²) in [5.74, 6) is -0.788. The second-order valence-electron chi connectivity index (χ2n) is 7.91. The molecular weight excluding hydrogens is 362 g/mol. The Kier molecular flexibility index (Phi) is 3.69. The molecule has 1 saturated heterocycles. The van der Waals surface area contributed by atoms with E-state index in [2.05, 4.69) is 16.9 Å². The summed E-state index contributed by atoms with van der Waals surface area (Å²) in [5, 5.41) is 0. The Bertz CT molecular complexity index is 883. The van der Waals surface area contributed by atoms with Crippen LogP contribution in [0.15, 0.2) is 36.4 Å². The number of methoxy groups -OCH3 is 1. The fourth-order valence-electron chi connectivity index (χ4n) is 5.24. The highest BCUT2D eigenvalue weighted by Crippen LogP contribution is 2.65. The highest BCUT2D eigenvalue weighted by atomic mass is 16.5. The summed E-state index contributed by atoms with van der Waals surface area (Å²) in [6, 6.07) is 5.89. The van der Waals surface area contributed by atoms with E-state index in [0.29, 0.717) is 17.4 Å². The standard InChI is InChI=1S/C21H19NO6/c1-27-21(26)10-2-4-11(5-3-10)28-16(23)9-22-19(24)17-12-6-7-13(15-8-14(12)15)18(17)20(22)25/h2-7,12-15,17-18H,8-9H2,1H3. The van der Waals surface area contributed by atoms with E-state index in [-0.39, 0.29) is 41.2 Å². The van der Waals surface area contributed by atoms with Crippen LogP contribution in [0, 0.1) is 35.5 Å². The van der Waals surface area contributed by atoms with Gasteiger partial charge >= 0.3 is 11.9 Å². The normalized spacial score (nSPS) is 34.1. The Labute approximate surface area is 161 Å². The zero-order valence-electron chi connectivity index (χ0n) is 15.2. The van der Waals surface area contributed by atoms with E-state index in [1.165, 1.54) is 31.4 Å². The summed E-state index contributed by atoms with van der Waals surface area (Å²) in [7, 11) is 1.28. The number of likely N-dealkylation sites (tertiary alicyclic amines) is 1. The van der Waals surface area contributed by atoms with Gasteiger partial charge in [0.25, 0.3) is 0 Å². The first-order valence-electron chi connectivity index (χ1n) is 9.42. The summed E-state index contributed by atoms with van der Waals surface area (Å²) in [5.41, 5.74) is 0.331. The molecule has 6 unspecified atom stereocenters. The molecule has 0 aromatic heterocycles. The van der Waals surface area contributed by atoms with Crippen LogP contribution in [0.25, 0.3) is 0 Å². The summed E-state index contributed by atoms with van der Waals surface area (Å²) >= 11 is 0. The van der Waals surface area contributed by atoms with Gasteiger partial charge in [0, 0.05) is 0 Å². The molecule has 1 aliphatic heterocycles. The Hall–Kier alpha value is -2.96. The van der Waals surface area contributed by atoms with Gasteiger partial charge in [-0.25, -0.2) is 9.59 Å². The monoisotopic (exact) mass is 381 g/mol.